The van der Waals surface area contributed by atoms with Gasteiger partial charge in [-0.2, -0.15) is 0 Å². The summed E-state index contributed by atoms with van der Waals surface area (Å²) in [6.07, 6.45) is 1.90. The molecule has 0 spiro atoms. The maximum absolute atomic E-state index is 12.5. The maximum Gasteiger partial charge on any atom is 0.103 e. The van der Waals surface area contributed by atoms with Gasteiger partial charge in [0, 0.05) is 6.42 Å². The van der Waals surface area contributed by atoms with Gasteiger partial charge in [0.1, 0.15) is 5.83 Å². The number of rotatable bonds is 2. The summed E-state index contributed by atoms with van der Waals surface area (Å²) in [5.41, 5.74) is 3.23. The van der Waals surface area contributed by atoms with E-state index in [1.54, 1.807) is 19.9 Å². The summed E-state index contributed by atoms with van der Waals surface area (Å²) in [4.78, 5) is 0. The largest absolute Gasteiger partial charge is 0.212 e. The van der Waals surface area contributed by atoms with Gasteiger partial charge in [0.2, 0.25) is 0 Å². The second-order valence-electron chi connectivity index (χ2n) is 2.02. The van der Waals surface area contributed by atoms with Gasteiger partial charge < -0.3 is 0 Å². The summed E-state index contributed by atoms with van der Waals surface area (Å²) < 4.78 is 12.5. The van der Waals surface area contributed by atoms with Crippen molar-refractivity contribution >= 4 is 0 Å². The van der Waals surface area contributed by atoms with Crippen molar-refractivity contribution in [3.8, 4) is 0 Å². The first-order chi connectivity index (χ1) is 4.18. The first-order valence-corrected chi connectivity index (χ1v) is 2.84. The van der Waals surface area contributed by atoms with E-state index in [4.69, 9.17) is 0 Å². The summed E-state index contributed by atoms with van der Waals surface area (Å²) in [5, 5.41) is 0. The lowest BCUT2D eigenvalue weighted by Crippen LogP contribution is -1.73. The monoisotopic (exact) mass is 126 g/mol. The molecule has 0 aromatic carbocycles. The molecule has 0 radical (unpaired) electrons. The molecule has 0 unspecified atom stereocenters. The third-order valence-electron chi connectivity index (χ3n) is 0.968. The minimum absolute atomic E-state index is 0.0915. The van der Waals surface area contributed by atoms with Crippen LogP contribution < -0.4 is 0 Å². The zero-order chi connectivity index (χ0) is 7.28. The van der Waals surface area contributed by atoms with Gasteiger partial charge >= 0.3 is 0 Å². The van der Waals surface area contributed by atoms with Crippen LogP contribution in [0.2, 0.25) is 0 Å². The normalized spacial score (nSPS) is 7.89. The molecule has 0 nitrogen and oxygen atoms in total. The fourth-order valence-corrected chi connectivity index (χ4v) is 0.366. The Morgan fingerprint density at radius 2 is 2.22 bits per heavy atom. The molecule has 0 aromatic rings. The molecule has 0 aliphatic carbocycles. The van der Waals surface area contributed by atoms with Gasteiger partial charge in [0.15, 0.2) is 0 Å². The van der Waals surface area contributed by atoms with Gasteiger partial charge in [-0.1, -0.05) is 6.58 Å². The average molecular weight is 126 g/mol. The number of hydrogen-bond acceptors (Lipinski definition) is 0. The number of hydrogen-bond donors (Lipinski definition) is 0. The molecule has 0 rings (SSSR count). The molecular formula is C8H11F. The van der Waals surface area contributed by atoms with Crippen LogP contribution in [0.5, 0.6) is 0 Å². The van der Waals surface area contributed by atoms with Gasteiger partial charge in [-0.15, -0.1) is 5.73 Å². The molecule has 0 aromatic heterocycles. The van der Waals surface area contributed by atoms with Crippen molar-refractivity contribution in [2.24, 2.45) is 0 Å². The minimum atomic E-state index is -0.0915. The van der Waals surface area contributed by atoms with Crippen molar-refractivity contribution in [3.05, 3.63) is 29.8 Å². The number of halogens is 1. The zero-order valence-corrected chi connectivity index (χ0v) is 5.87. The van der Waals surface area contributed by atoms with E-state index in [2.05, 4.69) is 12.3 Å². The highest BCUT2D eigenvalue weighted by Gasteiger charge is 1.91. The van der Waals surface area contributed by atoms with Crippen molar-refractivity contribution in [2.75, 3.05) is 0 Å². The summed E-state index contributed by atoms with van der Waals surface area (Å²) in [6.45, 7) is 6.81. The highest BCUT2D eigenvalue weighted by molar-refractivity contribution is 5.05. The minimum Gasteiger partial charge on any atom is -0.212 e. The second kappa shape index (κ2) is 4.11. The fourth-order valence-electron chi connectivity index (χ4n) is 0.366. The summed E-state index contributed by atoms with van der Waals surface area (Å²) in [7, 11) is 0. The van der Waals surface area contributed by atoms with Crippen LogP contribution in [-0.2, 0) is 0 Å². The molecule has 0 aliphatic heterocycles. The Morgan fingerprint density at radius 3 is 2.56 bits per heavy atom. The van der Waals surface area contributed by atoms with Crippen molar-refractivity contribution in [2.45, 2.75) is 20.3 Å². The lowest BCUT2D eigenvalue weighted by atomic mass is 10.2. The molecule has 0 N–H and O–H groups in total. The van der Waals surface area contributed by atoms with E-state index in [0.29, 0.717) is 6.42 Å². The molecule has 9 heavy (non-hydrogen) atoms. The van der Waals surface area contributed by atoms with E-state index < -0.39 is 0 Å². The van der Waals surface area contributed by atoms with Crippen LogP contribution in [0.15, 0.2) is 29.8 Å². The molecule has 0 bridgehead atoms. The second-order valence-corrected chi connectivity index (χ2v) is 2.02. The lowest BCUT2D eigenvalue weighted by molar-refractivity contribution is 0.605. The maximum atomic E-state index is 12.5. The molecule has 50 valence electrons. The van der Waals surface area contributed by atoms with E-state index in [1.807, 2.05) is 0 Å². The van der Waals surface area contributed by atoms with E-state index in [0.717, 1.165) is 5.57 Å². The Morgan fingerprint density at radius 1 is 1.67 bits per heavy atom. The summed E-state index contributed by atoms with van der Waals surface area (Å²) >= 11 is 0. The average Bonchev–Trinajstić information content (AvgIpc) is 1.82. The number of allylic oxidation sites excluding steroid dienone is 3. The van der Waals surface area contributed by atoms with Gasteiger partial charge in [0.25, 0.3) is 0 Å². The molecule has 0 aliphatic rings. The predicted molar refractivity (Wildman–Crippen MR) is 37.8 cm³/mol. The van der Waals surface area contributed by atoms with Crippen LogP contribution in [0.3, 0.4) is 0 Å². The molecule has 0 fully saturated rings. The van der Waals surface area contributed by atoms with Crippen LogP contribution in [-0.4, -0.2) is 0 Å². The van der Waals surface area contributed by atoms with E-state index in [9.17, 15) is 4.39 Å². The molecule has 1 heteroatoms. The lowest BCUT2D eigenvalue weighted by Gasteiger charge is -1.90. The first kappa shape index (κ1) is 8.19. The first-order valence-electron chi connectivity index (χ1n) is 2.84. The highest BCUT2D eigenvalue weighted by atomic mass is 19.1. The van der Waals surface area contributed by atoms with Crippen molar-refractivity contribution in [1.29, 1.82) is 0 Å². The molecule has 0 atom stereocenters. The standard InChI is InChI=1S/C8H11F/c1-4-5-6-8(9)7(2)3/h5H,1,6H2,2-3H3. The summed E-state index contributed by atoms with van der Waals surface area (Å²) in [5.74, 6) is -0.0915. The van der Waals surface area contributed by atoms with Gasteiger partial charge in [-0.25, -0.2) is 4.39 Å². The van der Waals surface area contributed by atoms with Gasteiger partial charge in [0.05, 0.1) is 0 Å². The van der Waals surface area contributed by atoms with Crippen LogP contribution in [0.4, 0.5) is 4.39 Å². The quantitative estimate of drug-likeness (QED) is 0.499. The Kier molecular flexibility index (Phi) is 3.74. The Labute approximate surface area is 55.4 Å². The van der Waals surface area contributed by atoms with Gasteiger partial charge in [-0.05, 0) is 25.5 Å². The van der Waals surface area contributed by atoms with Crippen LogP contribution in [0.25, 0.3) is 0 Å². The van der Waals surface area contributed by atoms with E-state index >= 15 is 0 Å². The van der Waals surface area contributed by atoms with Crippen LogP contribution in [0, 0.1) is 0 Å². The van der Waals surface area contributed by atoms with E-state index in [-0.39, 0.29) is 5.83 Å². The van der Waals surface area contributed by atoms with E-state index in [1.165, 1.54) is 0 Å². The van der Waals surface area contributed by atoms with Crippen molar-refractivity contribution in [3.63, 3.8) is 0 Å². The van der Waals surface area contributed by atoms with Gasteiger partial charge in [-0.3, -0.25) is 0 Å². The highest BCUT2D eigenvalue weighted by Crippen LogP contribution is 2.08. The Balaban J connectivity index is 3.91. The van der Waals surface area contributed by atoms with Crippen LogP contribution in [0.1, 0.15) is 20.3 Å². The molecule has 0 saturated carbocycles. The Bertz CT molecular complexity index is 155. The third-order valence-corrected chi connectivity index (χ3v) is 0.968. The molecule has 0 heterocycles. The predicted octanol–water partition coefficient (Wildman–Crippen LogP) is 2.98. The van der Waals surface area contributed by atoms with Crippen molar-refractivity contribution < 1.29 is 4.39 Å². The Hall–Kier alpha value is -0.810. The van der Waals surface area contributed by atoms with Crippen molar-refractivity contribution in [1.82, 2.24) is 0 Å². The fraction of sp³-hybridized carbons (Fsp3) is 0.375. The third kappa shape index (κ3) is 3.75. The van der Waals surface area contributed by atoms with Crippen LogP contribution >= 0.6 is 0 Å². The molecule has 0 saturated heterocycles. The summed E-state index contributed by atoms with van der Waals surface area (Å²) in [6, 6.07) is 0. The smallest absolute Gasteiger partial charge is 0.103 e. The molecular weight excluding hydrogens is 115 g/mol. The molecule has 0 amide bonds. The topological polar surface area (TPSA) is 0 Å². The SMILES string of the molecule is C=C=CCC(F)=C(C)C. The zero-order valence-electron chi connectivity index (χ0n) is 5.87.